The molecule has 2 nitrogen and oxygen atoms in total. The summed E-state index contributed by atoms with van der Waals surface area (Å²) in [5.74, 6) is 0. The lowest BCUT2D eigenvalue weighted by molar-refractivity contribution is 0.321. The summed E-state index contributed by atoms with van der Waals surface area (Å²) in [4.78, 5) is 3.62. The Morgan fingerprint density at radius 2 is 1.93 bits per heavy atom. The Balaban J connectivity index is 2.37. The molecule has 15 heavy (non-hydrogen) atoms. The fourth-order valence-electron chi connectivity index (χ4n) is 1.46. The molecule has 0 saturated heterocycles. The molecule has 1 rings (SSSR count). The molecule has 0 radical (unpaired) electrons. The number of likely N-dealkylation sites (N-methyl/N-ethyl adjacent to an activating group) is 1. The van der Waals surface area contributed by atoms with E-state index in [1.54, 1.807) is 11.8 Å². The summed E-state index contributed by atoms with van der Waals surface area (Å²) < 4.78 is 0. The van der Waals surface area contributed by atoms with Gasteiger partial charge in [-0.1, -0.05) is 12.1 Å². The van der Waals surface area contributed by atoms with Crippen molar-refractivity contribution in [2.45, 2.75) is 11.3 Å². The Bertz CT molecular complexity index is 271. The van der Waals surface area contributed by atoms with Gasteiger partial charge < -0.3 is 5.32 Å². The highest BCUT2D eigenvalue weighted by Crippen LogP contribution is 2.15. The lowest BCUT2D eigenvalue weighted by Gasteiger charge is -2.15. The third-order valence-electron chi connectivity index (χ3n) is 2.37. The maximum atomic E-state index is 3.14. The molecule has 0 aliphatic heterocycles. The van der Waals surface area contributed by atoms with E-state index in [0.717, 1.165) is 19.6 Å². The van der Waals surface area contributed by atoms with E-state index in [-0.39, 0.29) is 0 Å². The molecule has 0 aromatic heterocycles. The first-order valence-corrected chi connectivity index (χ1v) is 6.45. The summed E-state index contributed by atoms with van der Waals surface area (Å²) >= 11 is 1.79. The Hall–Kier alpha value is -0.510. The van der Waals surface area contributed by atoms with E-state index in [4.69, 9.17) is 0 Å². The highest BCUT2D eigenvalue weighted by atomic mass is 32.2. The second-order valence-corrected chi connectivity index (χ2v) is 4.57. The van der Waals surface area contributed by atoms with Crippen molar-refractivity contribution in [2.24, 2.45) is 0 Å². The first-order chi connectivity index (χ1) is 7.26. The quantitative estimate of drug-likeness (QED) is 0.588. The molecule has 0 aliphatic carbocycles. The number of hydrogen-bond acceptors (Lipinski definition) is 3. The molecule has 0 fully saturated rings. The molecule has 3 heteroatoms. The third-order valence-corrected chi connectivity index (χ3v) is 3.11. The summed E-state index contributed by atoms with van der Waals surface area (Å²) in [6.45, 7) is 2.04. The number of nitrogens with zero attached hydrogens (tertiary/aromatic N) is 1. The van der Waals surface area contributed by atoms with Gasteiger partial charge in [0, 0.05) is 18.1 Å². The fourth-order valence-corrected chi connectivity index (χ4v) is 1.87. The van der Waals surface area contributed by atoms with E-state index < -0.39 is 0 Å². The van der Waals surface area contributed by atoms with Crippen molar-refractivity contribution in [1.82, 2.24) is 10.2 Å². The minimum absolute atomic E-state index is 0.947. The van der Waals surface area contributed by atoms with E-state index in [1.165, 1.54) is 10.5 Å². The minimum Gasteiger partial charge on any atom is -0.307 e. The van der Waals surface area contributed by atoms with E-state index >= 15 is 0 Å². The Kier molecular flexibility index (Phi) is 5.76. The predicted octanol–water partition coefficient (Wildman–Crippen LogP) is 2.06. The fraction of sp³-hybridized carbons (Fsp3) is 0.500. The summed E-state index contributed by atoms with van der Waals surface area (Å²) in [7, 11) is 4.11. The normalized spacial score (nSPS) is 10.9. The molecule has 0 aliphatic rings. The summed E-state index contributed by atoms with van der Waals surface area (Å²) in [6, 6.07) is 8.83. The van der Waals surface area contributed by atoms with Crippen molar-refractivity contribution < 1.29 is 0 Å². The summed E-state index contributed by atoms with van der Waals surface area (Å²) in [5, 5.41) is 3.14. The van der Waals surface area contributed by atoms with Gasteiger partial charge in [-0.05, 0) is 44.5 Å². The lowest BCUT2D eigenvalue weighted by Crippen LogP contribution is -2.30. The van der Waals surface area contributed by atoms with Gasteiger partial charge >= 0.3 is 0 Å². The van der Waals surface area contributed by atoms with Crippen LogP contribution in [0.15, 0.2) is 29.2 Å². The molecule has 0 bridgehead atoms. The topological polar surface area (TPSA) is 15.3 Å². The molecule has 0 saturated carbocycles. The molecule has 0 spiro atoms. The van der Waals surface area contributed by atoms with Crippen LogP contribution >= 0.6 is 11.8 Å². The van der Waals surface area contributed by atoms with Gasteiger partial charge in [-0.2, -0.15) is 0 Å². The standard InChI is InChI=1S/C12H20N2S/c1-13-10-14(2)9-8-11-4-6-12(15-3)7-5-11/h4-7,13H,8-10H2,1-3H3. The summed E-state index contributed by atoms with van der Waals surface area (Å²) in [5.41, 5.74) is 1.41. The van der Waals surface area contributed by atoms with Crippen LogP contribution in [0.4, 0.5) is 0 Å². The van der Waals surface area contributed by atoms with Crippen molar-refractivity contribution >= 4 is 11.8 Å². The van der Waals surface area contributed by atoms with Crippen molar-refractivity contribution in [3.63, 3.8) is 0 Å². The van der Waals surface area contributed by atoms with Crippen LogP contribution in [0.3, 0.4) is 0 Å². The van der Waals surface area contributed by atoms with E-state index in [1.807, 2.05) is 7.05 Å². The smallest absolute Gasteiger partial charge is 0.0475 e. The van der Waals surface area contributed by atoms with Gasteiger partial charge in [0.2, 0.25) is 0 Å². The first kappa shape index (κ1) is 12.6. The van der Waals surface area contributed by atoms with Crippen molar-refractivity contribution in [1.29, 1.82) is 0 Å². The highest BCUT2D eigenvalue weighted by Gasteiger charge is 1.98. The zero-order valence-corrected chi connectivity index (χ0v) is 10.6. The van der Waals surface area contributed by atoms with Crippen LogP contribution in [0.2, 0.25) is 0 Å². The molecule has 1 N–H and O–H groups in total. The van der Waals surface area contributed by atoms with Crippen LogP contribution in [0.5, 0.6) is 0 Å². The molecule has 84 valence electrons. The number of rotatable bonds is 6. The van der Waals surface area contributed by atoms with Crippen LogP contribution < -0.4 is 5.32 Å². The van der Waals surface area contributed by atoms with Gasteiger partial charge in [-0.25, -0.2) is 0 Å². The number of hydrogen-bond donors (Lipinski definition) is 1. The van der Waals surface area contributed by atoms with Gasteiger partial charge in [0.05, 0.1) is 0 Å². The zero-order chi connectivity index (χ0) is 11.1. The van der Waals surface area contributed by atoms with Crippen LogP contribution in [-0.2, 0) is 6.42 Å². The minimum atomic E-state index is 0.947. The lowest BCUT2D eigenvalue weighted by atomic mass is 10.1. The Labute approximate surface area is 97.1 Å². The van der Waals surface area contributed by atoms with Crippen molar-refractivity contribution in [2.75, 3.05) is 33.6 Å². The molecular weight excluding hydrogens is 204 g/mol. The SMILES string of the molecule is CNCN(C)CCc1ccc(SC)cc1. The predicted molar refractivity (Wildman–Crippen MR) is 68.5 cm³/mol. The van der Waals surface area contributed by atoms with Gasteiger partial charge in [0.25, 0.3) is 0 Å². The van der Waals surface area contributed by atoms with Crippen LogP contribution in [0.1, 0.15) is 5.56 Å². The van der Waals surface area contributed by atoms with E-state index in [9.17, 15) is 0 Å². The maximum Gasteiger partial charge on any atom is 0.0475 e. The largest absolute Gasteiger partial charge is 0.307 e. The molecule has 0 atom stereocenters. The van der Waals surface area contributed by atoms with Crippen molar-refractivity contribution in [3.05, 3.63) is 29.8 Å². The number of nitrogens with one attached hydrogen (secondary N) is 1. The van der Waals surface area contributed by atoms with E-state index in [2.05, 4.69) is 47.8 Å². The Morgan fingerprint density at radius 1 is 1.27 bits per heavy atom. The average Bonchev–Trinajstić information content (AvgIpc) is 2.27. The summed E-state index contributed by atoms with van der Waals surface area (Å²) in [6.07, 6.45) is 3.22. The molecule has 0 heterocycles. The van der Waals surface area contributed by atoms with Gasteiger partial charge in [0.1, 0.15) is 0 Å². The zero-order valence-electron chi connectivity index (χ0n) is 9.79. The monoisotopic (exact) mass is 224 g/mol. The Morgan fingerprint density at radius 3 is 2.47 bits per heavy atom. The average molecular weight is 224 g/mol. The second-order valence-electron chi connectivity index (χ2n) is 3.69. The maximum absolute atomic E-state index is 3.14. The second kappa shape index (κ2) is 6.88. The third kappa shape index (κ3) is 4.69. The van der Waals surface area contributed by atoms with Crippen molar-refractivity contribution in [3.8, 4) is 0 Å². The van der Waals surface area contributed by atoms with Gasteiger partial charge in [-0.15, -0.1) is 11.8 Å². The molecule has 0 amide bonds. The number of thioether (sulfide) groups is 1. The molecule has 1 aromatic carbocycles. The number of benzene rings is 1. The van der Waals surface area contributed by atoms with Crippen LogP contribution in [-0.4, -0.2) is 38.5 Å². The first-order valence-electron chi connectivity index (χ1n) is 5.22. The van der Waals surface area contributed by atoms with Gasteiger partial charge in [-0.3, -0.25) is 4.90 Å². The van der Waals surface area contributed by atoms with E-state index in [0.29, 0.717) is 0 Å². The highest BCUT2D eigenvalue weighted by molar-refractivity contribution is 7.98. The molecule has 0 unspecified atom stereocenters. The van der Waals surface area contributed by atoms with Gasteiger partial charge in [0.15, 0.2) is 0 Å². The molecular formula is C12H20N2S. The van der Waals surface area contributed by atoms with Crippen LogP contribution in [0.25, 0.3) is 0 Å². The molecule has 1 aromatic rings. The van der Waals surface area contributed by atoms with Crippen LogP contribution in [0, 0.1) is 0 Å².